The summed E-state index contributed by atoms with van der Waals surface area (Å²) in [5, 5.41) is 9.02. The largest absolute Gasteiger partial charge is 0.299 e. The summed E-state index contributed by atoms with van der Waals surface area (Å²) in [6, 6.07) is 8.26. The Balaban J connectivity index is 2.48. The highest BCUT2D eigenvalue weighted by atomic mass is 15.1. The van der Waals surface area contributed by atoms with Crippen LogP contribution in [0.25, 0.3) is 0 Å². The van der Waals surface area contributed by atoms with Gasteiger partial charge in [0.1, 0.15) is 0 Å². The Kier molecular flexibility index (Phi) is 4.94. The highest BCUT2D eigenvalue weighted by molar-refractivity contribution is 5.03. The fourth-order valence-corrected chi connectivity index (χ4v) is 1.57. The maximum absolute atomic E-state index is 9.02. The Hall–Kier alpha value is -1.40. The van der Waals surface area contributed by atoms with Crippen molar-refractivity contribution in [2.24, 2.45) is 11.8 Å². The molecule has 0 aliphatic carbocycles. The lowest BCUT2D eigenvalue weighted by atomic mass is 9.97. The molecule has 0 spiro atoms. The summed E-state index contributed by atoms with van der Waals surface area (Å²) in [5.74, 6) is 0.491. The topological polar surface area (TPSA) is 39.9 Å². The normalized spacial score (nSPS) is 12.8. The lowest BCUT2D eigenvalue weighted by Gasteiger charge is -2.21. The SMILES string of the molecule is CC(C)C(C#N)CN(C)Cc1ccccn1. The summed E-state index contributed by atoms with van der Waals surface area (Å²) in [6.07, 6.45) is 1.80. The minimum Gasteiger partial charge on any atom is -0.299 e. The first-order valence-corrected chi connectivity index (χ1v) is 5.61. The van der Waals surface area contributed by atoms with Crippen LogP contribution in [0.15, 0.2) is 24.4 Å². The highest BCUT2D eigenvalue weighted by Crippen LogP contribution is 2.11. The van der Waals surface area contributed by atoms with Gasteiger partial charge in [0.25, 0.3) is 0 Å². The second-order valence-electron chi connectivity index (χ2n) is 4.50. The average Bonchev–Trinajstić information content (AvgIpc) is 2.27. The average molecular weight is 217 g/mol. The second-order valence-corrected chi connectivity index (χ2v) is 4.50. The maximum Gasteiger partial charge on any atom is 0.0672 e. The first-order chi connectivity index (χ1) is 7.63. The molecule has 0 N–H and O–H groups in total. The smallest absolute Gasteiger partial charge is 0.0672 e. The maximum atomic E-state index is 9.02. The van der Waals surface area contributed by atoms with Crippen molar-refractivity contribution in [2.75, 3.05) is 13.6 Å². The molecule has 3 nitrogen and oxygen atoms in total. The van der Waals surface area contributed by atoms with Crippen LogP contribution in [0.4, 0.5) is 0 Å². The van der Waals surface area contributed by atoms with Crippen LogP contribution < -0.4 is 0 Å². The molecule has 1 atom stereocenters. The Bertz CT molecular complexity index is 340. The van der Waals surface area contributed by atoms with Gasteiger partial charge in [0.2, 0.25) is 0 Å². The standard InChI is InChI=1S/C13H19N3/c1-11(2)12(8-14)9-16(3)10-13-6-4-5-7-15-13/h4-7,11-12H,9-10H2,1-3H3. The van der Waals surface area contributed by atoms with Crippen LogP contribution in [0.1, 0.15) is 19.5 Å². The molecule has 0 radical (unpaired) electrons. The fraction of sp³-hybridized carbons (Fsp3) is 0.538. The molecule has 0 bridgehead atoms. The molecule has 0 aliphatic heterocycles. The Morgan fingerprint density at radius 3 is 2.69 bits per heavy atom. The third kappa shape index (κ3) is 4.00. The van der Waals surface area contributed by atoms with E-state index >= 15 is 0 Å². The molecule has 16 heavy (non-hydrogen) atoms. The third-order valence-electron chi connectivity index (χ3n) is 2.64. The number of aromatic nitrogens is 1. The lowest BCUT2D eigenvalue weighted by Crippen LogP contribution is -2.27. The van der Waals surface area contributed by atoms with Gasteiger partial charge < -0.3 is 0 Å². The van der Waals surface area contributed by atoms with Crippen molar-refractivity contribution in [3.05, 3.63) is 30.1 Å². The van der Waals surface area contributed by atoms with Gasteiger partial charge in [-0.3, -0.25) is 9.88 Å². The highest BCUT2D eigenvalue weighted by Gasteiger charge is 2.14. The van der Waals surface area contributed by atoms with Crippen molar-refractivity contribution in [1.29, 1.82) is 5.26 Å². The zero-order chi connectivity index (χ0) is 12.0. The zero-order valence-corrected chi connectivity index (χ0v) is 10.2. The number of hydrogen-bond donors (Lipinski definition) is 0. The van der Waals surface area contributed by atoms with Crippen molar-refractivity contribution in [3.8, 4) is 6.07 Å². The molecule has 3 heteroatoms. The summed E-state index contributed by atoms with van der Waals surface area (Å²) < 4.78 is 0. The van der Waals surface area contributed by atoms with Crippen molar-refractivity contribution in [3.63, 3.8) is 0 Å². The van der Waals surface area contributed by atoms with E-state index in [4.69, 9.17) is 5.26 Å². The Labute approximate surface area is 97.7 Å². The number of hydrogen-bond acceptors (Lipinski definition) is 3. The molecule has 1 aromatic heterocycles. The first kappa shape index (κ1) is 12.7. The van der Waals surface area contributed by atoms with E-state index in [0.29, 0.717) is 5.92 Å². The van der Waals surface area contributed by atoms with E-state index < -0.39 is 0 Å². The fourth-order valence-electron chi connectivity index (χ4n) is 1.57. The molecule has 0 saturated carbocycles. The molecular formula is C13H19N3. The monoisotopic (exact) mass is 217 g/mol. The van der Waals surface area contributed by atoms with Crippen LogP contribution in [0.5, 0.6) is 0 Å². The molecular weight excluding hydrogens is 198 g/mol. The van der Waals surface area contributed by atoms with E-state index in [2.05, 4.69) is 29.8 Å². The van der Waals surface area contributed by atoms with Gasteiger partial charge in [-0.05, 0) is 25.1 Å². The number of pyridine rings is 1. The van der Waals surface area contributed by atoms with Crippen molar-refractivity contribution >= 4 is 0 Å². The van der Waals surface area contributed by atoms with Crippen LogP contribution in [-0.4, -0.2) is 23.5 Å². The van der Waals surface area contributed by atoms with Gasteiger partial charge in [0, 0.05) is 19.3 Å². The summed E-state index contributed by atoms with van der Waals surface area (Å²) in [5.41, 5.74) is 1.05. The molecule has 1 unspecified atom stereocenters. The van der Waals surface area contributed by atoms with Crippen molar-refractivity contribution in [2.45, 2.75) is 20.4 Å². The van der Waals surface area contributed by atoms with E-state index in [0.717, 1.165) is 18.8 Å². The summed E-state index contributed by atoms with van der Waals surface area (Å²) in [7, 11) is 2.03. The second kappa shape index (κ2) is 6.24. The van der Waals surface area contributed by atoms with E-state index in [9.17, 15) is 0 Å². The van der Waals surface area contributed by atoms with Crippen LogP contribution in [0.3, 0.4) is 0 Å². The van der Waals surface area contributed by atoms with Gasteiger partial charge >= 0.3 is 0 Å². The molecule has 0 aromatic carbocycles. The van der Waals surface area contributed by atoms with Crippen LogP contribution in [0.2, 0.25) is 0 Å². The predicted molar refractivity (Wildman–Crippen MR) is 64.5 cm³/mol. The summed E-state index contributed by atoms with van der Waals surface area (Å²) >= 11 is 0. The Morgan fingerprint density at radius 2 is 2.19 bits per heavy atom. The third-order valence-corrected chi connectivity index (χ3v) is 2.64. The first-order valence-electron chi connectivity index (χ1n) is 5.61. The quantitative estimate of drug-likeness (QED) is 0.759. The molecule has 0 amide bonds. The number of rotatable bonds is 5. The van der Waals surface area contributed by atoms with Gasteiger partial charge in [-0.2, -0.15) is 5.26 Å². The molecule has 0 saturated heterocycles. The van der Waals surface area contributed by atoms with Crippen LogP contribution in [-0.2, 0) is 6.54 Å². The molecule has 1 heterocycles. The summed E-state index contributed by atoms with van der Waals surface area (Å²) in [4.78, 5) is 6.42. The van der Waals surface area contributed by atoms with Gasteiger partial charge in [0.15, 0.2) is 0 Å². The minimum atomic E-state index is 0.0914. The minimum absolute atomic E-state index is 0.0914. The molecule has 86 valence electrons. The summed E-state index contributed by atoms with van der Waals surface area (Å²) in [6.45, 7) is 5.77. The molecule has 1 rings (SSSR count). The molecule has 1 aromatic rings. The van der Waals surface area contributed by atoms with Crippen molar-refractivity contribution in [1.82, 2.24) is 9.88 Å². The Morgan fingerprint density at radius 1 is 1.44 bits per heavy atom. The lowest BCUT2D eigenvalue weighted by molar-refractivity contribution is 0.263. The van der Waals surface area contributed by atoms with E-state index in [-0.39, 0.29) is 5.92 Å². The van der Waals surface area contributed by atoms with E-state index in [1.807, 2.05) is 25.2 Å². The van der Waals surface area contributed by atoms with E-state index in [1.54, 1.807) is 6.20 Å². The van der Waals surface area contributed by atoms with E-state index in [1.165, 1.54) is 0 Å². The van der Waals surface area contributed by atoms with Crippen molar-refractivity contribution < 1.29 is 0 Å². The van der Waals surface area contributed by atoms with Gasteiger partial charge in [-0.1, -0.05) is 19.9 Å². The van der Waals surface area contributed by atoms with Crippen LogP contribution in [0, 0.1) is 23.2 Å². The van der Waals surface area contributed by atoms with Gasteiger partial charge in [-0.25, -0.2) is 0 Å². The zero-order valence-electron chi connectivity index (χ0n) is 10.2. The van der Waals surface area contributed by atoms with Gasteiger partial charge in [-0.15, -0.1) is 0 Å². The van der Waals surface area contributed by atoms with Crippen LogP contribution >= 0.6 is 0 Å². The predicted octanol–water partition coefficient (Wildman–Crippen LogP) is 2.31. The number of nitrogens with zero attached hydrogens (tertiary/aromatic N) is 3. The number of nitriles is 1. The molecule has 0 fully saturated rings. The molecule has 0 aliphatic rings. The van der Waals surface area contributed by atoms with Gasteiger partial charge in [0.05, 0.1) is 17.7 Å².